The van der Waals surface area contributed by atoms with Gasteiger partial charge in [0.25, 0.3) is 5.91 Å². The van der Waals surface area contributed by atoms with Crippen LogP contribution in [0.4, 0.5) is 5.69 Å². The fourth-order valence-corrected chi connectivity index (χ4v) is 4.64. The number of benzene rings is 2. The summed E-state index contributed by atoms with van der Waals surface area (Å²) in [5.74, 6) is -1.02. The highest BCUT2D eigenvalue weighted by atomic mass is 32.2. The van der Waals surface area contributed by atoms with E-state index in [9.17, 15) is 18.0 Å². The maximum Gasteiger partial charge on any atom is 0.324 e. The fraction of sp³-hybridized carbons (Fsp3) is 0.391. The van der Waals surface area contributed by atoms with Crippen molar-refractivity contribution < 1.29 is 32.2 Å². The molecule has 9 nitrogen and oxygen atoms in total. The Labute approximate surface area is 193 Å². The molecule has 0 unspecified atom stereocenters. The van der Waals surface area contributed by atoms with Gasteiger partial charge in [0.1, 0.15) is 19.3 Å². The van der Waals surface area contributed by atoms with E-state index in [1.165, 1.54) is 18.2 Å². The molecule has 1 amide bonds. The van der Waals surface area contributed by atoms with Crippen molar-refractivity contribution in [2.24, 2.45) is 5.92 Å². The van der Waals surface area contributed by atoms with Gasteiger partial charge in [0.15, 0.2) is 18.1 Å². The first-order valence-electron chi connectivity index (χ1n) is 10.5. The molecule has 2 N–H and O–H groups in total. The number of para-hydroxylation sites is 1. The minimum absolute atomic E-state index is 0.0713. The lowest BCUT2D eigenvalue weighted by molar-refractivity contribution is -0.150. The molecule has 33 heavy (non-hydrogen) atoms. The van der Waals surface area contributed by atoms with Gasteiger partial charge < -0.3 is 19.5 Å². The maximum absolute atomic E-state index is 12.9. The molecule has 0 aliphatic carbocycles. The van der Waals surface area contributed by atoms with Crippen molar-refractivity contribution in [2.75, 3.05) is 25.1 Å². The number of carbonyl (C=O) groups is 2. The van der Waals surface area contributed by atoms with Crippen LogP contribution in [0.2, 0.25) is 0 Å². The number of sulfonamides is 1. The number of ether oxygens (including phenoxy) is 3. The highest BCUT2D eigenvalue weighted by molar-refractivity contribution is 7.89. The lowest BCUT2D eigenvalue weighted by Crippen LogP contribution is -2.45. The van der Waals surface area contributed by atoms with Gasteiger partial charge in [0.05, 0.1) is 4.90 Å². The molecule has 0 spiro atoms. The van der Waals surface area contributed by atoms with Crippen LogP contribution >= 0.6 is 0 Å². The number of amides is 1. The van der Waals surface area contributed by atoms with E-state index in [2.05, 4.69) is 10.0 Å². The van der Waals surface area contributed by atoms with Gasteiger partial charge in [-0.05, 0) is 43.0 Å². The standard InChI is InChI=1S/C23H28N2O7S/c1-14(2)21(23(27)32-13-20(26)24-22-15(3)6-5-7-16(22)4)25-33(28,29)17-8-9-18-19(12-17)31-11-10-30-18/h5-9,12,14,21,25H,10-11,13H2,1-4H3,(H,24,26)/t21-/m0/s1. The van der Waals surface area contributed by atoms with E-state index in [0.717, 1.165) is 11.1 Å². The van der Waals surface area contributed by atoms with Gasteiger partial charge in [-0.3, -0.25) is 9.59 Å². The van der Waals surface area contributed by atoms with Gasteiger partial charge in [-0.15, -0.1) is 0 Å². The van der Waals surface area contributed by atoms with Crippen molar-refractivity contribution in [1.29, 1.82) is 0 Å². The SMILES string of the molecule is Cc1cccc(C)c1NC(=O)COC(=O)[C@@H](NS(=O)(=O)c1ccc2c(c1)OCCO2)C(C)C. The zero-order chi connectivity index (χ0) is 24.2. The topological polar surface area (TPSA) is 120 Å². The van der Waals surface area contributed by atoms with Crippen molar-refractivity contribution in [2.45, 2.75) is 38.6 Å². The third-order valence-corrected chi connectivity index (χ3v) is 6.56. The molecule has 3 rings (SSSR count). The molecule has 0 saturated carbocycles. The second-order valence-electron chi connectivity index (χ2n) is 8.07. The summed E-state index contributed by atoms with van der Waals surface area (Å²) < 4.78 is 44.1. The second kappa shape index (κ2) is 10.2. The van der Waals surface area contributed by atoms with Gasteiger partial charge >= 0.3 is 5.97 Å². The summed E-state index contributed by atoms with van der Waals surface area (Å²) in [6, 6.07) is 8.63. The molecule has 178 valence electrons. The predicted molar refractivity (Wildman–Crippen MR) is 122 cm³/mol. The molecule has 0 aromatic heterocycles. The highest BCUT2D eigenvalue weighted by Gasteiger charge is 2.31. The monoisotopic (exact) mass is 476 g/mol. The Kier molecular flexibility index (Phi) is 7.60. The Morgan fingerprint density at radius 2 is 1.67 bits per heavy atom. The third kappa shape index (κ3) is 6.02. The van der Waals surface area contributed by atoms with E-state index in [-0.39, 0.29) is 4.90 Å². The van der Waals surface area contributed by atoms with Crippen LogP contribution in [0.5, 0.6) is 11.5 Å². The average molecular weight is 477 g/mol. The van der Waals surface area contributed by atoms with Crippen molar-refractivity contribution in [3.05, 3.63) is 47.5 Å². The molecule has 2 aromatic carbocycles. The largest absolute Gasteiger partial charge is 0.486 e. The van der Waals surface area contributed by atoms with Crippen LogP contribution in [0, 0.1) is 19.8 Å². The van der Waals surface area contributed by atoms with Crippen LogP contribution in [0.25, 0.3) is 0 Å². The minimum atomic E-state index is -4.07. The molecule has 2 aromatic rings. The van der Waals surface area contributed by atoms with Crippen LogP contribution < -0.4 is 19.5 Å². The number of anilines is 1. The van der Waals surface area contributed by atoms with Crippen LogP contribution in [-0.2, 0) is 24.3 Å². The van der Waals surface area contributed by atoms with Crippen molar-refractivity contribution in [1.82, 2.24) is 4.72 Å². The number of hydrogen-bond donors (Lipinski definition) is 2. The zero-order valence-corrected chi connectivity index (χ0v) is 19.8. The molecule has 0 saturated heterocycles. The molecule has 0 fully saturated rings. The highest BCUT2D eigenvalue weighted by Crippen LogP contribution is 2.32. The molecular formula is C23H28N2O7S. The molecule has 1 heterocycles. The summed E-state index contributed by atoms with van der Waals surface area (Å²) >= 11 is 0. The molecular weight excluding hydrogens is 448 g/mol. The number of rotatable bonds is 8. The smallest absolute Gasteiger partial charge is 0.324 e. The Bertz CT molecular complexity index is 1130. The summed E-state index contributed by atoms with van der Waals surface area (Å²) in [5.41, 5.74) is 2.40. The predicted octanol–water partition coefficient (Wildman–Crippen LogP) is 2.56. The van der Waals surface area contributed by atoms with E-state index in [4.69, 9.17) is 14.2 Å². The third-order valence-electron chi connectivity index (χ3n) is 5.12. The van der Waals surface area contributed by atoms with Crippen molar-refractivity contribution in [3.8, 4) is 11.5 Å². The zero-order valence-electron chi connectivity index (χ0n) is 19.0. The van der Waals surface area contributed by atoms with E-state index < -0.39 is 40.5 Å². The Balaban J connectivity index is 1.65. The van der Waals surface area contributed by atoms with Crippen molar-refractivity contribution in [3.63, 3.8) is 0 Å². The molecule has 10 heteroatoms. The van der Waals surface area contributed by atoms with E-state index in [1.807, 2.05) is 32.0 Å². The molecule has 0 bridgehead atoms. The fourth-order valence-electron chi connectivity index (χ4n) is 3.30. The van der Waals surface area contributed by atoms with Gasteiger partial charge in [-0.2, -0.15) is 4.72 Å². The summed E-state index contributed by atoms with van der Waals surface area (Å²) in [4.78, 5) is 24.9. The van der Waals surface area contributed by atoms with Crippen molar-refractivity contribution >= 4 is 27.6 Å². The molecule has 0 radical (unpaired) electrons. The first-order valence-corrected chi connectivity index (χ1v) is 12.0. The van der Waals surface area contributed by atoms with Crippen LogP contribution in [0.3, 0.4) is 0 Å². The van der Waals surface area contributed by atoms with E-state index in [0.29, 0.717) is 30.4 Å². The maximum atomic E-state index is 12.9. The first kappa shape index (κ1) is 24.5. The number of carbonyl (C=O) groups excluding carboxylic acids is 2. The van der Waals surface area contributed by atoms with Gasteiger partial charge in [0, 0.05) is 11.8 Å². The quantitative estimate of drug-likeness (QED) is 0.562. The Morgan fingerprint density at radius 3 is 2.30 bits per heavy atom. The molecule has 1 atom stereocenters. The van der Waals surface area contributed by atoms with Gasteiger partial charge in [-0.25, -0.2) is 8.42 Å². The summed E-state index contributed by atoms with van der Waals surface area (Å²) in [7, 11) is -4.07. The van der Waals surface area contributed by atoms with Crippen LogP contribution in [-0.4, -0.2) is 46.2 Å². The number of nitrogens with one attached hydrogen (secondary N) is 2. The van der Waals surface area contributed by atoms with E-state index in [1.54, 1.807) is 13.8 Å². The second-order valence-corrected chi connectivity index (χ2v) is 9.79. The van der Waals surface area contributed by atoms with E-state index >= 15 is 0 Å². The molecule has 1 aliphatic heterocycles. The first-order chi connectivity index (χ1) is 15.6. The van der Waals surface area contributed by atoms with Crippen LogP contribution in [0.15, 0.2) is 41.3 Å². The summed E-state index contributed by atoms with van der Waals surface area (Å²) in [5, 5.41) is 2.72. The molecule has 1 aliphatic rings. The number of aryl methyl sites for hydroxylation is 2. The lowest BCUT2D eigenvalue weighted by Gasteiger charge is -2.22. The summed E-state index contributed by atoms with van der Waals surface area (Å²) in [6.07, 6.45) is 0. The van der Waals surface area contributed by atoms with Gasteiger partial charge in [0.2, 0.25) is 10.0 Å². The summed E-state index contributed by atoms with van der Waals surface area (Å²) in [6.45, 7) is 7.22. The Morgan fingerprint density at radius 1 is 1.03 bits per heavy atom. The van der Waals surface area contributed by atoms with Gasteiger partial charge in [-0.1, -0.05) is 32.0 Å². The number of fused-ring (bicyclic) bond motifs is 1. The lowest BCUT2D eigenvalue weighted by atomic mass is 10.1. The number of hydrogen-bond acceptors (Lipinski definition) is 7. The average Bonchev–Trinajstić information content (AvgIpc) is 2.78. The normalized spacial score (nSPS) is 14.0. The Hall–Kier alpha value is -3.11. The number of esters is 1. The van der Waals surface area contributed by atoms with Crippen LogP contribution in [0.1, 0.15) is 25.0 Å². The minimum Gasteiger partial charge on any atom is -0.486 e.